The molecule has 0 aromatic carbocycles. The molecule has 0 spiro atoms. The van der Waals surface area contributed by atoms with Crippen LogP contribution in [-0.2, 0) is 4.79 Å². The number of amides is 1. The molecular weight excluding hydrogens is 142 g/mol. The highest BCUT2D eigenvalue weighted by Gasteiger charge is 2.40. The molecule has 1 amide bonds. The van der Waals surface area contributed by atoms with Crippen LogP contribution in [0.25, 0.3) is 0 Å². The Morgan fingerprint density at radius 1 is 1.55 bits per heavy atom. The van der Waals surface area contributed by atoms with E-state index >= 15 is 0 Å². The topological polar surface area (TPSA) is 53.5 Å². The number of carbonyl (C=O) groups is 1. The van der Waals surface area contributed by atoms with E-state index in [9.17, 15) is 4.79 Å². The molecule has 4 nitrogen and oxygen atoms in total. The van der Waals surface area contributed by atoms with Gasteiger partial charge in [0.25, 0.3) is 0 Å². The van der Waals surface area contributed by atoms with E-state index in [1.165, 1.54) is 12.8 Å². The Hall–Kier alpha value is -1.06. The first kappa shape index (κ1) is 6.64. The van der Waals surface area contributed by atoms with E-state index in [4.69, 9.17) is 0 Å². The maximum absolute atomic E-state index is 11.2. The first-order chi connectivity index (χ1) is 5.31. The molecule has 2 fully saturated rings. The average molecular weight is 153 g/mol. The molecule has 0 radical (unpaired) electrons. The minimum Gasteiger partial charge on any atom is -0.344 e. The van der Waals surface area contributed by atoms with Crippen LogP contribution in [0.15, 0.2) is 4.99 Å². The standard InChI is InChI=1S/C7H11N3O/c1-8-7-9-5(4-2-3-4)6(11)10-7/h4-5H,2-3H2,1H3,(H2,8,9,10,11). The summed E-state index contributed by atoms with van der Waals surface area (Å²) in [6, 6.07) is -0.00583. The van der Waals surface area contributed by atoms with Crippen molar-refractivity contribution in [3.8, 4) is 0 Å². The van der Waals surface area contributed by atoms with Gasteiger partial charge in [-0.1, -0.05) is 0 Å². The lowest BCUT2D eigenvalue weighted by Gasteiger charge is -2.02. The van der Waals surface area contributed by atoms with Crippen molar-refractivity contribution in [1.29, 1.82) is 0 Å². The maximum atomic E-state index is 11.2. The third-order valence-corrected chi connectivity index (χ3v) is 2.13. The molecule has 1 saturated carbocycles. The van der Waals surface area contributed by atoms with Gasteiger partial charge in [0.15, 0.2) is 5.96 Å². The Morgan fingerprint density at radius 3 is 2.73 bits per heavy atom. The zero-order valence-electron chi connectivity index (χ0n) is 6.42. The summed E-state index contributed by atoms with van der Waals surface area (Å²) in [6.07, 6.45) is 2.34. The summed E-state index contributed by atoms with van der Waals surface area (Å²) < 4.78 is 0. The van der Waals surface area contributed by atoms with Gasteiger partial charge < -0.3 is 5.32 Å². The van der Waals surface area contributed by atoms with E-state index < -0.39 is 0 Å². The monoisotopic (exact) mass is 153 g/mol. The zero-order valence-corrected chi connectivity index (χ0v) is 6.42. The number of aliphatic imine (C=N–C) groups is 1. The van der Waals surface area contributed by atoms with Gasteiger partial charge in [-0.15, -0.1) is 0 Å². The molecule has 1 heterocycles. The SMILES string of the molecule is CN=C1NC(=O)C(C2CC2)N1. The van der Waals surface area contributed by atoms with Crippen LogP contribution in [-0.4, -0.2) is 25.0 Å². The fourth-order valence-electron chi connectivity index (χ4n) is 1.33. The second-order valence-electron chi connectivity index (χ2n) is 3.02. The fraction of sp³-hybridized carbons (Fsp3) is 0.714. The van der Waals surface area contributed by atoms with Crippen LogP contribution in [0.4, 0.5) is 0 Å². The smallest absolute Gasteiger partial charge is 0.249 e. The van der Waals surface area contributed by atoms with E-state index in [2.05, 4.69) is 15.6 Å². The molecule has 1 atom stereocenters. The summed E-state index contributed by atoms with van der Waals surface area (Å²) in [5, 5.41) is 5.72. The maximum Gasteiger partial charge on any atom is 0.249 e. The number of nitrogens with one attached hydrogen (secondary N) is 2. The Labute approximate surface area is 65.1 Å². The van der Waals surface area contributed by atoms with Crippen LogP contribution in [0.5, 0.6) is 0 Å². The molecule has 1 aliphatic heterocycles. The molecule has 2 N–H and O–H groups in total. The molecule has 1 saturated heterocycles. The number of nitrogens with zero attached hydrogens (tertiary/aromatic N) is 1. The normalized spacial score (nSPS) is 33.7. The quantitative estimate of drug-likeness (QED) is 0.532. The Morgan fingerprint density at radius 2 is 2.27 bits per heavy atom. The van der Waals surface area contributed by atoms with Crippen molar-refractivity contribution in [3.05, 3.63) is 0 Å². The van der Waals surface area contributed by atoms with Gasteiger partial charge in [0.05, 0.1) is 0 Å². The minimum atomic E-state index is -0.00583. The van der Waals surface area contributed by atoms with Crippen molar-refractivity contribution in [2.75, 3.05) is 7.05 Å². The second kappa shape index (κ2) is 2.22. The molecule has 4 heteroatoms. The Kier molecular flexibility index (Phi) is 1.34. The molecule has 2 rings (SSSR count). The number of guanidine groups is 1. The molecule has 0 aromatic rings. The van der Waals surface area contributed by atoms with E-state index in [1.54, 1.807) is 7.05 Å². The first-order valence-corrected chi connectivity index (χ1v) is 3.85. The third-order valence-electron chi connectivity index (χ3n) is 2.13. The third kappa shape index (κ3) is 1.08. The summed E-state index contributed by atoms with van der Waals surface area (Å²) in [5.41, 5.74) is 0. The predicted octanol–water partition coefficient (Wildman–Crippen LogP) is -0.530. The number of hydrogen-bond acceptors (Lipinski definition) is 2. The molecule has 2 aliphatic rings. The summed E-state index contributed by atoms with van der Waals surface area (Å²) in [7, 11) is 1.66. The van der Waals surface area contributed by atoms with Gasteiger partial charge in [-0.05, 0) is 18.8 Å². The van der Waals surface area contributed by atoms with E-state index in [1.807, 2.05) is 0 Å². The lowest BCUT2D eigenvalue weighted by Crippen LogP contribution is -2.31. The minimum absolute atomic E-state index is 0.00583. The van der Waals surface area contributed by atoms with Gasteiger partial charge in [0.2, 0.25) is 5.91 Å². The van der Waals surface area contributed by atoms with Crippen molar-refractivity contribution in [3.63, 3.8) is 0 Å². The lowest BCUT2D eigenvalue weighted by molar-refractivity contribution is -0.120. The molecular formula is C7H11N3O. The van der Waals surface area contributed by atoms with Gasteiger partial charge in [0, 0.05) is 7.05 Å². The number of rotatable bonds is 1. The number of carbonyl (C=O) groups excluding carboxylic acids is 1. The van der Waals surface area contributed by atoms with Crippen LogP contribution in [0.3, 0.4) is 0 Å². The highest BCUT2D eigenvalue weighted by Crippen LogP contribution is 2.33. The van der Waals surface area contributed by atoms with Crippen molar-refractivity contribution in [1.82, 2.24) is 10.6 Å². The highest BCUT2D eigenvalue weighted by molar-refractivity contribution is 6.06. The first-order valence-electron chi connectivity index (χ1n) is 3.85. The average Bonchev–Trinajstić information content (AvgIpc) is 2.76. The summed E-state index contributed by atoms with van der Waals surface area (Å²) >= 11 is 0. The van der Waals surface area contributed by atoms with Crippen LogP contribution in [0.1, 0.15) is 12.8 Å². The molecule has 11 heavy (non-hydrogen) atoms. The predicted molar refractivity (Wildman–Crippen MR) is 41.1 cm³/mol. The van der Waals surface area contributed by atoms with Crippen LogP contribution < -0.4 is 10.6 Å². The zero-order chi connectivity index (χ0) is 7.84. The Bertz CT molecular complexity index is 220. The summed E-state index contributed by atoms with van der Waals surface area (Å²) in [4.78, 5) is 15.0. The second-order valence-corrected chi connectivity index (χ2v) is 3.02. The molecule has 1 unspecified atom stereocenters. The van der Waals surface area contributed by atoms with Gasteiger partial charge in [0.1, 0.15) is 6.04 Å². The van der Waals surface area contributed by atoms with Crippen molar-refractivity contribution in [2.24, 2.45) is 10.9 Å². The van der Waals surface area contributed by atoms with E-state index in [0.717, 1.165) is 0 Å². The van der Waals surface area contributed by atoms with Crippen LogP contribution >= 0.6 is 0 Å². The van der Waals surface area contributed by atoms with E-state index in [-0.39, 0.29) is 11.9 Å². The molecule has 0 bridgehead atoms. The van der Waals surface area contributed by atoms with E-state index in [0.29, 0.717) is 11.9 Å². The Balaban J connectivity index is 2.07. The van der Waals surface area contributed by atoms with Crippen LogP contribution in [0.2, 0.25) is 0 Å². The molecule has 60 valence electrons. The van der Waals surface area contributed by atoms with Gasteiger partial charge >= 0.3 is 0 Å². The van der Waals surface area contributed by atoms with Crippen LogP contribution in [0, 0.1) is 5.92 Å². The van der Waals surface area contributed by atoms with Gasteiger partial charge in [-0.2, -0.15) is 0 Å². The molecule has 1 aliphatic carbocycles. The van der Waals surface area contributed by atoms with Gasteiger partial charge in [-0.3, -0.25) is 15.1 Å². The lowest BCUT2D eigenvalue weighted by atomic mass is 10.2. The van der Waals surface area contributed by atoms with Crippen molar-refractivity contribution >= 4 is 11.9 Å². The molecule has 0 aromatic heterocycles. The number of hydrogen-bond donors (Lipinski definition) is 2. The van der Waals surface area contributed by atoms with Crippen molar-refractivity contribution in [2.45, 2.75) is 18.9 Å². The van der Waals surface area contributed by atoms with Gasteiger partial charge in [-0.25, -0.2) is 0 Å². The fourth-order valence-corrected chi connectivity index (χ4v) is 1.33. The largest absolute Gasteiger partial charge is 0.344 e. The summed E-state index contributed by atoms with van der Waals surface area (Å²) in [5.74, 6) is 1.24. The highest BCUT2D eigenvalue weighted by atomic mass is 16.2. The summed E-state index contributed by atoms with van der Waals surface area (Å²) in [6.45, 7) is 0. The van der Waals surface area contributed by atoms with Crippen molar-refractivity contribution < 1.29 is 4.79 Å².